The highest BCUT2D eigenvalue weighted by Gasteiger charge is 1.98. The van der Waals surface area contributed by atoms with Crippen molar-refractivity contribution in [3.63, 3.8) is 0 Å². The molecule has 0 saturated heterocycles. The lowest BCUT2D eigenvalue weighted by Gasteiger charge is -2.03. The van der Waals surface area contributed by atoms with E-state index in [1.165, 1.54) is 17.7 Å². The van der Waals surface area contributed by atoms with Crippen molar-refractivity contribution < 1.29 is 9.13 Å². The quantitative estimate of drug-likeness (QED) is 0.752. The van der Waals surface area contributed by atoms with Gasteiger partial charge in [0.1, 0.15) is 11.6 Å². The molecule has 0 unspecified atom stereocenters. The van der Waals surface area contributed by atoms with Crippen LogP contribution in [0.4, 0.5) is 4.39 Å². The minimum atomic E-state index is -0.196. The Morgan fingerprint density at radius 2 is 1.65 bits per heavy atom. The lowest BCUT2D eigenvalue weighted by Crippen LogP contribution is -1.84. The Labute approximate surface area is 105 Å². The standard InChI is InChI=1S/C14H13FOS/c1-16-13-6-2-11(3-7-13)10-17-14-8-4-12(15)5-9-14/h2-9H,10H2,1H3. The normalized spacial score (nSPS) is 10.2. The summed E-state index contributed by atoms with van der Waals surface area (Å²) in [6.07, 6.45) is 0. The molecule has 2 aromatic rings. The van der Waals surface area contributed by atoms with Gasteiger partial charge in [-0.1, -0.05) is 12.1 Å². The van der Waals surface area contributed by atoms with Crippen LogP contribution in [0.2, 0.25) is 0 Å². The topological polar surface area (TPSA) is 9.23 Å². The summed E-state index contributed by atoms with van der Waals surface area (Å²) >= 11 is 1.69. The summed E-state index contributed by atoms with van der Waals surface area (Å²) in [7, 11) is 1.66. The zero-order valence-electron chi connectivity index (χ0n) is 9.52. The van der Waals surface area contributed by atoms with Crippen molar-refractivity contribution in [2.75, 3.05) is 7.11 Å². The van der Waals surface area contributed by atoms with Crippen LogP contribution in [0.3, 0.4) is 0 Å². The van der Waals surface area contributed by atoms with Gasteiger partial charge < -0.3 is 4.74 Å². The zero-order valence-corrected chi connectivity index (χ0v) is 10.3. The maximum atomic E-state index is 12.7. The van der Waals surface area contributed by atoms with Gasteiger partial charge in [-0.25, -0.2) is 4.39 Å². The van der Waals surface area contributed by atoms with Gasteiger partial charge in [-0.15, -0.1) is 11.8 Å². The second-order valence-electron chi connectivity index (χ2n) is 3.59. The Balaban J connectivity index is 1.95. The minimum absolute atomic E-state index is 0.196. The molecule has 0 aliphatic heterocycles. The van der Waals surface area contributed by atoms with E-state index in [4.69, 9.17) is 4.74 Å². The molecule has 1 nitrogen and oxygen atoms in total. The van der Waals surface area contributed by atoms with E-state index in [1.54, 1.807) is 31.0 Å². The molecule has 3 heteroatoms. The fraction of sp³-hybridized carbons (Fsp3) is 0.143. The van der Waals surface area contributed by atoms with E-state index in [-0.39, 0.29) is 5.82 Å². The van der Waals surface area contributed by atoms with Gasteiger partial charge in [0, 0.05) is 10.6 Å². The molecule has 0 aliphatic carbocycles. The Bertz CT molecular complexity index is 465. The van der Waals surface area contributed by atoms with Gasteiger partial charge >= 0.3 is 0 Å². The summed E-state index contributed by atoms with van der Waals surface area (Å²) in [5.41, 5.74) is 1.22. The number of rotatable bonds is 4. The fourth-order valence-electron chi connectivity index (χ4n) is 1.42. The SMILES string of the molecule is COc1ccc(CSc2ccc(F)cc2)cc1. The van der Waals surface area contributed by atoms with Crippen LogP contribution in [-0.4, -0.2) is 7.11 Å². The summed E-state index contributed by atoms with van der Waals surface area (Å²) in [4.78, 5) is 1.07. The van der Waals surface area contributed by atoms with Crippen molar-refractivity contribution in [1.82, 2.24) is 0 Å². The Hall–Kier alpha value is -1.48. The maximum Gasteiger partial charge on any atom is 0.123 e. The average molecular weight is 248 g/mol. The van der Waals surface area contributed by atoms with E-state index in [0.29, 0.717) is 0 Å². The van der Waals surface area contributed by atoms with Gasteiger partial charge in [0.05, 0.1) is 7.11 Å². The highest BCUT2D eigenvalue weighted by molar-refractivity contribution is 7.98. The summed E-state index contributed by atoms with van der Waals surface area (Å²) in [5, 5.41) is 0. The van der Waals surface area contributed by atoms with Crippen LogP contribution < -0.4 is 4.74 Å². The lowest BCUT2D eigenvalue weighted by atomic mass is 10.2. The third-order valence-corrected chi connectivity index (χ3v) is 3.46. The number of ether oxygens (including phenoxy) is 1. The van der Waals surface area contributed by atoms with E-state index < -0.39 is 0 Å². The molecule has 0 bridgehead atoms. The number of benzene rings is 2. The largest absolute Gasteiger partial charge is 0.497 e. The van der Waals surface area contributed by atoms with E-state index in [2.05, 4.69) is 0 Å². The Morgan fingerprint density at radius 1 is 1.00 bits per heavy atom. The van der Waals surface area contributed by atoms with Crippen LogP contribution in [0.25, 0.3) is 0 Å². The van der Waals surface area contributed by atoms with Crippen molar-refractivity contribution in [2.24, 2.45) is 0 Å². The van der Waals surface area contributed by atoms with Gasteiger partial charge in [0.15, 0.2) is 0 Å². The number of hydrogen-bond donors (Lipinski definition) is 0. The number of methoxy groups -OCH3 is 1. The average Bonchev–Trinajstić information content (AvgIpc) is 2.39. The maximum absolute atomic E-state index is 12.7. The molecule has 0 aromatic heterocycles. The second-order valence-corrected chi connectivity index (χ2v) is 4.64. The first-order valence-electron chi connectivity index (χ1n) is 5.29. The zero-order chi connectivity index (χ0) is 12.1. The Morgan fingerprint density at radius 3 is 2.24 bits per heavy atom. The van der Waals surface area contributed by atoms with Crippen molar-refractivity contribution in [1.29, 1.82) is 0 Å². The molecule has 17 heavy (non-hydrogen) atoms. The van der Waals surface area contributed by atoms with Gasteiger partial charge in [-0.3, -0.25) is 0 Å². The van der Waals surface area contributed by atoms with Gasteiger partial charge in [-0.05, 0) is 42.0 Å². The first-order valence-corrected chi connectivity index (χ1v) is 6.28. The smallest absolute Gasteiger partial charge is 0.123 e. The molecule has 0 heterocycles. The molecule has 0 N–H and O–H groups in total. The van der Waals surface area contributed by atoms with E-state index in [9.17, 15) is 4.39 Å². The lowest BCUT2D eigenvalue weighted by molar-refractivity contribution is 0.414. The summed E-state index contributed by atoms with van der Waals surface area (Å²) in [6.45, 7) is 0. The highest BCUT2D eigenvalue weighted by atomic mass is 32.2. The van der Waals surface area contributed by atoms with Gasteiger partial charge in [0.2, 0.25) is 0 Å². The molecule has 2 aromatic carbocycles. The molecule has 0 radical (unpaired) electrons. The molecule has 0 saturated carbocycles. The summed E-state index contributed by atoms with van der Waals surface area (Å²) in [6, 6.07) is 14.5. The van der Waals surface area contributed by atoms with Crippen molar-refractivity contribution in [3.8, 4) is 5.75 Å². The molecule has 0 aliphatic rings. The van der Waals surface area contributed by atoms with Crippen LogP contribution in [0, 0.1) is 5.82 Å². The van der Waals surface area contributed by atoms with Crippen LogP contribution >= 0.6 is 11.8 Å². The number of halogens is 1. The van der Waals surface area contributed by atoms with E-state index >= 15 is 0 Å². The molecule has 0 fully saturated rings. The third kappa shape index (κ3) is 3.49. The molecule has 0 amide bonds. The van der Waals surface area contributed by atoms with E-state index in [1.807, 2.05) is 24.3 Å². The monoisotopic (exact) mass is 248 g/mol. The van der Waals surface area contributed by atoms with Crippen LogP contribution in [-0.2, 0) is 5.75 Å². The predicted molar refractivity (Wildman–Crippen MR) is 69.0 cm³/mol. The van der Waals surface area contributed by atoms with Crippen molar-refractivity contribution in [3.05, 3.63) is 59.9 Å². The third-order valence-electron chi connectivity index (χ3n) is 2.38. The minimum Gasteiger partial charge on any atom is -0.497 e. The van der Waals surface area contributed by atoms with Crippen molar-refractivity contribution in [2.45, 2.75) is 10.6 Å². The molecule has 0 atom stereocenters. The van der Waals surface area contributed by atoms with E-state index in [0.717, 1.165) is 16.4 Å². The molecular weight excluding hydrogens is 235 g/mol. The Kier molecular flexibility index (Phi) is 4.04. The summed E-state index contributed by atoms with van der Waals surface area (Å²) in [5.74, 6) is 1.54. The first kappa shape index (κ1) is 12.0. The molecule has 88 valence electrons. The van der Waals surface area contributed by atoms with Crippen LogP contribution in [0.5, 0.6) is 5.75 Å². The molecule has 0 spiro atoms. The number of thioether (sulfide) groups is 1. The first-order chi connectivity index (χ1) is 8.28. The molecule has 2 rings (SSSR count). The summed E-state index contributed by atoms with van der Waals surface area (Å²) < 4.78 is 17.8. The second kappa shape index (κ2) is 5.73. The van der Waals surface area contributed by atoms with Crippen molar-refractivity contribution >= 4 is 11.8 Å². The van der Waals surface area contributed by atoms with Gasteiger partial charge in [0.25, 0.3) is 0 Å². The van der Waals surface area contributed by atoms with Gasteiger partial charge in [-0.2, -0.15) is 0 Å². The number of hydrogen-bond acceptors (Lipinski definition) is 2. The predicted octanol–water partition coefficient (Wildman–Crippen LogP) is 4.13. The highest BCUT2D eigenvalue weighted by Crippen LogP contribution is 2.23. The van der Waals surface area contributed by atoms with Crippen LogP contribution in [0.15, 0.2) is 53.4 Å². The molecular formula is C14H13FOS. The fourth-order valence-corrected chi connectivity index (χ4v) is 2.27. The van der Waals surface area contributed by atoms with Crippen LogP contribution in [0.1, 0.15) is 5.56 Å².